The summed E-state index contributed by atoms with van der Waals surface area (Å²) in [5.41, 5.74) is -2.53. The second-order valence-corrected chi connectivity index (χ2v) is 6.75. The number of urea groups is 1. The van der Waals surface area contributed by atoms with Crippen molar-refractivity contribution in [1.29, 1.82) is 0 Å². The average Bonchev–Trinajstić information content (AvgIpc) is 2.48. The summed E-state index contributed by atoms with van der Waals surface area (Å²) in [6.45, 7) is -0.445. The standard InChI is InChI=1S/C10H12F2N2O6S/c11-10(12,6-4-18-5-6)9-2-1-7-3-13(9)8(15)14(7)20-21(16,17)19-9/h6-7H,1-5H2/t7-,9+/m1/s1. The summed E-state index contributed by atoms with van der Waals surface area (Å²) in [6, 6.07) is -1.46. The van der Waals surface area contributed by atoms with Gasteiger partial charge >= 0.3 is 22.4 Å². The van der Waals surface area contributed by atoms with Crippen LogP contribution in [0.25, 0.3) is 0 Å². The summed E-state index contributed by atoms with van der Waals surface area (Å²) in [7, 11) is -4.73. The number of carbonyl (C=O) groups excluding carboxylic acids is 1. The van der Waals surface area contributed by atoms with Gasteiger partial charge in [-0.25, -0.2) is 17.8 Å². The number of hydrogen-bond acceptors (Lipinski definition) is 6. The molecule has 3 bridgehead atoms. The van der Waals surface area contributed by atoms with Crippen molar-refractivity contribution in [2.75, 3.05) is 19.8 Å². The van der Waals surface area contributed by atoms with Crippen LogP contribution in [0.5, 0.6) is 0 Å². The van der Waals surface area contributed by atoms with E-state index < -0.39 is 40.0 Å². The lowest BCUT2D eigenvalue weighted by Crippen LogP contribution is -2.69. The van der Waals surface area contributed by atoms with Gasteiger partial charge in [-0.05, 0) is 6.42 Å². The first-order chi connectivity index (χ1) is 9.77. The van der Waals surface area contributed by atoms with Crippen molar-refractivity contribution in [2.24, 2.45) is 5.92 Å². The Morgan fingerprint density at radius 2 is 2.05 bits per heavy atom. The number of halogens is 2. The van der Waals surface area contributed by atoms with Crippen LogP contribution in [0.1, 0.15) is 12.8 Å². The van der Waals surface area contributed by atoms with E-state index in [9.17, 15) is 22.0 Å². The van der Waals surface area contributed by atoms with E-state index in [0.717, 1.165) is 4.90 Å². The summed E-state index contributed by atoms with van der Waals surface area (Å²) >= 11 is 0. The molecule has 0 unspecified atom stereocenters. The van der Waals surface area contributed by atoms with E-state index in [2.05, 4.69) is 4.28 Å². The molecule has 2 amide bonds. The van der Waals surface area contributed by atoms with Crippen molar-refractivity contribution < 1.29 is 35.2 Å². The number of fused-ring (bicyclic) bond motifs is 3. The summed E-state index contributed by atoms with van der Waals surface area (Å²) in [6.07, 6.45) is -0.0904. The normalized spacial score (nSPS) is 38.6. The van der Waals surface area contributed by atoms with Crippen molar-refractivity contribution in [3.05, 3.63) is 0 Å². The number of alkyl halides is 2. The number of ether oxygens (including phenoxy) is 1. The molecule has 2 atom stereocenters. The van der Waals surface area contributed by atoms with Crippen LogP contribution in [-0.4, -0.2) is 61.9 Å². The van der Waals surface area contributed by atoms with E-state index in [0.29, 0.717) is 5.06 Å². The summed E-state index contributed by atoms with van der Waals surface area (Å²) in [5.74, 6) is -4.74. The summed E-state index contributed by atoms with van der Waals surface area (Å²) in [4.78, 5) is 12.9. The van der Waals surface area contributed by atoms with Gasteiger partial charge in [-0.2, -0.15) is 13.5 Å². The zero-order valence-electron chi connectivity index (χ0n) is 10.7. The minimum atomic E-state index is -4.73. The molecule has 0 aliphatic carbocycles. The van der Waals surface area contributed by atoms with Crippen LogP contribution in [0.3, 0.4) is 0 Å². The highest BCUT2D eigenvalue weighted by molar-refractivity contribution is 7.81. The van der Waals surface area contributed by atoms with Gasteiger partial charge in [0.25, 0.3) is 0 Å². The van der Waals surface area contributed by atoms with Crippen molar-refractivity contribution in [1.82, 2.24) is 9.96 Å². The van der Waals surface area contributed by atoms with Crippen LogP contribution < -0.4 is 0 Å². The van der Waals surface area contributed by atoms with E-state index in [1.54, 1.807) is 0 Å². The molecule has 4 rings (SSSR count). The molecule has 0 aromatic rings. The highest BCUT2D eigenvalue weighted by Gasteiger charge is 2.73. The first-order valence-corrected chi connectivity index (χ1v) is 7.82. The largest absolute Gasteiger partial charge is 0.423 e. The molecule has 4 aliphatic heterocycles. The third kappa shape index (κ3) is 1.57. The van der Waals surface area contributed by atoms with Crippen molar-refractivity contribution >= 4 is 16.4 Å². The van der Waals surface area contributed by atoms with Gasteiger partial charge in [-0.1, -0.05) is 0 Å². The van der Waals surface area contributed by atoms with Crippen LogP contribution in [0.15, 0.2) is 0 Å². The molecule has 0 radical (unpaired) electrons. The molecule has 4 saturated heterocycles. The Labute approximate surface area is 118 Å². The van der Waals surface area contributed by atoms with Gasteiger partial charge < -0.3 is 4.74 Å². The summed E-state index contributed by atoms with van der Waals surface area (Å²) < 4.78 is 67.2. The third-order valence-corrected chi connectivity index (χ3v) is 5.30. The van der Waals surface area contributed by atoms with E-state index in [1.807, 2.05) is 0 Å². The quantitative estimate of drug-likeness (QED) is 0.714. The number of piperidine rings is 1. The molecular weight excluding hydrogens is 314 g/mol. The van der Waals surface area contributed by atoms with Gasteiger partial charge in [0.1, 0.15) is 0 Å². The minimum Gasteiger partial charge on any atom is -0.380 e. The first kappa shape index (κ1) is 13.6. The second-order valence-electron chi connectivity index (χ2n) is 5.62. The molecule has 118 valence electrons. The lowest BCUT2D eigenvalue weighted by atomic mass is 9.83. The number of nitrogens with zero attached hydrogens (tertiary/aromatic N) is 2. The fourth-order valence-electron chi connectivity index (χ4n) is 3.27. The Hall–Kier alpha value is -1.04. The van der Waals surface area contributed by atoms with E-state index >= 15 is 0 Å². The van der Waals surface area contributed by atoms with Gasteiger partial charge in [0.05, 0.1) is 25.2 Å². The van der Waals surface area contributed by atoms with Crippen molar-refractivity contribution in [2.45, 2.75) is 30.5 Å². The van der Waals surface area contributed by atoms with Crippen LogP contribution in [0.4, 0.5) is 13.6 Å². The molecule has 0 spiro atoms. The lowest BCUT2D eigenvalue weighted by molar-refractivity contribution is -0.293. The van der Waals surface area contributed by atoms with Crippen LogP contribution in [0.2, 0.25) is 0 Å². The SMILES string of the molecule is O=C1N2OS(=O)(=O)O[C@]3(C(F)(F)C4COC4)CC[C@@H]2CN13. The number of carbonyl (C=O) groups is 1. The molecule has 4 aliphatic rings. The Morgan fingerprint density at radius 1 is 1.33 bits per heavy atom. The fourth-order valence-corrected chi connectivity index (χ4v) is 4.31. The smallest absolute Gasteiger partial charge is 0.380 e. The molecule has 0 aromatic carbocycles. The minimum absolute atomic E-state index is 0.0441. The number of amides is 2. The maximum absolute atomic E-state index is 14.9. The van der Waals surface area contributed by atoms with Gasteiger partial charge in [0.2, 0.25) is 5.72 Å². The second kappa shape index (κ2) is 3.83. The Balaban J connectivity index is 1.86. The lowest BCUT2D eigenvalue weighted by Gasteiger charge is -2.50. The zero-order valence-corrected chi connectivity index (χ0v) is 11.5. The fraction of sp³-hybridized carbons (Fsp3) is 0.900. The third-order valence-electron chi connectivity index (χ3n) is 4.48. The molecule has 0 saturated carbocycles. The number of hydroxylamine groups is 2. The molecule has 0 aromatic heterocycles. The predicted octanol–water partition coefficient (Wildman–Crippen LogP) is 0.0710. The maximum Gasteiger partial charge on any atom is 0.423 e. The zero-order chi connectivity index (χ0) is 15.0. The molecule has 8 nitrogen and oxygen atoms in total. The average molecular weight is 326 g/mol. The monoisotopic (exact) mass is 326 g/mol. The number of rotatable bonds is 2. The molecule has 21 heavy (non-hydrogen) atoms. The Morgan fingerprint density at radius 3 is 2.67 bits per heavy atom. The Bertz CT molecular complexity index is 609. The molecule has 11 heteroatoms. The highest BCUT2D eigenvalue weighted by atomic mass is 32.3. The highest BCUT2D eigenvalue weighted by Crippen LogP contribution is 2.53. The molecule has 4 fully saturated rings. The molecular formula is C10H12F2N2O6S. The molecule has 0 N–H and O–H groups in total. The molecule has 4 heterocycles. The van der Waals surface area contributed by atoms with Crippen molar-refractivity contribution in [3.8, 4) is 0 Å². The summed E-state index contributed by atoms with van der Waals surface area (Å²) in [5, 5.41) is 0.622. The van der Waals surface area contributed by atoms with Crippen LogP contribution in [0, 0.1) is 5.92 Å². The van der Waals surface area contributed by atoms with Crippen molar-refractivity contribution in [3.63, 3.8) is 0 Å². The maximum atomic E-state index is 14.9. The van der Waals surface area contributed by atoms with E-state index in [4.69, 9.17) is 8.92 Å². The van der Waals surface area contributed by atoms with Gasteiger partial charge in [-0.15, -0.1) is 4.28 Å². The number of hydrogen-bond donors (Lipinski definition) is 0. The van der Waals surface area contributed by atoms with E-state index in [1.165, 1.54) is 0 Å². The Kier molecular flexibility index (Phi) is 2.48. The van der Waals surface area contributed by atoms with Crippen LogP contribution in [-0.2, 0) is 23.6 Å². The van der Waals surface area contributed by atoms with Gasteiger partial charge in [0.15, 0.2) is 0 Å². The topological polar surface area (TPSA) is 85.4 Å². The van der Waals surface area contributed by atoms with Gasteiger partial charge in [-0.3, -0.25) is 4.90 Å². The van der Waals surface area contributed by atoms with Crippen LogP contribution >= 0.6 is 0 Å². The van der Waals surface area contributed by atoms with Gasteiger partial charge in [0, 0.05) is 13.0 Å². The first-order valence-electron chi connectivity index (χ1n) is 6.48. The predicted molar refractivity (Wildman–Crippen MR) is 60.0 cm³/mol. The van der Waals surface area contributed by atoms with E-state index in [-0.39, 0.29) is 32.6 Å².